The van der Waals surface area contributed by atoms with Gasteiger partial charge < -0.3 is 4.74 Å². The van der Waals surface area contributed by atoms with Crippen LogP contribution in [0.1, 0.15) is 32.3 Å². The van der Waals surface area contributed by atoms with Crippen molar-refractivity contribution in [1.29, 1.82) is 0 Å². The predicted molar refractivity (Wildman–Crippen MR) is 93.3 cm³/mol. The van der Waals surface area contributed by atoms with Crippen LogP contribution in [0.15, 0.2) is 16.5 Å². The third-order valence-electron chi connectivity index (χ3n) is 2.93. The van der Waals surface area contributed by atoms with Crippen molar-refractivity contribution in [3.8, 4) is 5.75 Å². The number of unbranched alkanes of at least 4 members (excludes halogenated alkanes) is 1. The van der Waals surface area contributed by atoms with Crippen LogP contribution in [-0.2, 0) is 19.2 Å². The number of esters is 1. The van der Waals surface area contributed by atoms with Gasteiger partial charge in [-0.25, -0.2) is 14.7 Å². The molecule has 130 valence electrons. The molecule has 6 nitrogen and oxygen atoms in total. The summed E-state index contributed by atoms with van der Waals surface area (Å²) in [5.41, 5.74) is 1.63. The van der Waals surface area contributed by atoms with E-state index in [9.17, 15) is 9.59 Å². The first kappa shape index (κ1) is 18.5. The zero-order valence-electron chi connectivity index (χ0n) is 13.8. The van der Waals surface area contributed by atoms with E-state index in [2.05, 4.69) is 16.6 Å². The van der Waals surface area contributed by atoms with Crippen LogP contribution in [0, 0.1) is 6.92 Å². The number of aromatic nitrogens is 1. The van der Waals surface area contributed by atoms with Crippen molar-refractivity contribution >= 4 is 45.3 Å². The van der Waals surface area contributed by atoms with Crippen molar-refractivity contribution in [3.63, 3.8) is 0 Å². The third-order valence-corrected chi connectivity index (χ3v) is 5.16. The smallest absolute Gasteiger partial charge is 0.392 e. The van der Waals surface area contributed by atoms with Gasteiger partial charge in [0.2, 0.25) is 5.75 Å². The lowest BCUT2D eigenvalue weighted by atomic mass is 10.2. The van der Waals surface area contributed by atoms with E-state index in [0.29, 0.717) is 11.3 Å². The molecule has 1 aromatic carbocycles. The van der Waals surface area contributed by atoms with Crippen LogP contribution in [0.5, 0.6) is 5.75 Å². The molecule has 0 atom stereocenters. The van der Waals surface area contributed by atoms with Crippen LogP contribution < -0.4 is 4.89 Å². The van der Waals surface area contributed by atoms with Gasteiger partial charge in [-0.2, -0.15) is 0 Å². The number of carbonyl (C=O) groups is 2. The first-order chi connectivity index (χ1) is 11.5. The van der Waals surface area contributed by atoms with Gasteiger partial charge >= 0.3 is 11.9 Å². The van der Waals surface area contributed by atoms with Crippen molar-refractivity contribution in [2.75, 3.05) is 12.4 Å². The molecule has 0 saturated heterocycles. The number of carbonyl (C=O) groups excluding carboxylic acids is 2. The Morgan fingerprint density at radius 2 is 2.12 bits per heavy atom. The molecule has 0 unspecified atom stereocenters. The maximum Gasteiger partial charge on any atom is 0.392 e. The Morgan fingerprint density at radius 1 is 1.33 bits per heavy atom. The Bertz CT molecular complexity index is 729. The fourth-order valence-electron chi connectivity index (χ4n) is 1.81. The highest BCUT2D eigenvalue weighted by Gasteiger charge is 2.14. The van der Waals surface area contributed by atoms with Gasteiger partial charge in [0.25, 0.3) is 0 Å². The van der Waals surface area contributed by atoms with E-state index in [4.69, 9.17) is 9.78 Å². The van der Waals surface area contributed by atoms with Crippen LogP contribution in [0.25, 0.3) is 10.2 Å². The average Bonchev–Trinajstić information content (AvgIpc) is 2.93. The summed E-state index contributed by atoms with van der Waals surface area (Å²) >= 11 is 3.29. The third kappa shape index (κ3) is 5.38. The number of hydrogen-bond acceptors (Lipinski definition) is 8. The van der Waals surface area contributed by atoms with Crippen LogP contribution >= 0.6 is 23.1 Å². The normalized spacial score (nSPS) is 10.6. The molecule has 0 bridgehead atoms. The largest absolute Gasteiger partial charge is 0.454 e. The number of hydrogen-bond donors (Lipinski definition) is 0. The molecule has 1 aromatic heterocycles. The molecule has 8 heteroatoms. The van der Waals surface area contributed by atoms with Gasteiger partial charge in [-0.05, 0) is 31.0 Å². The SMILES string of the molecule is CCCCSc1nc2c(OOC(=O)COC(C)=O)cc(C)cc2s1. The molecular weight excluding hydrogens is 350 g/mol. The Kier molecular flexibility index (Phi) is 6.86. The molecule has 2 aromatic rings. The van der Waals surface area contributed by atoms with Crippen molar-refractivity contribution < 1.29 is 24.1 Å². The second-order valence-corrected chi connectivity index (χ2v) is 7.48. The molecule has 0 fully saturated rings. The van der Waals surface area contributed by atoms with E-state index >= 15 is 0 Å². The van der Waals surface area contributed by atoms with Crippen LogP contribution in [0.2, 0.25) is 0 Å². The summed E-state index contributed by atoms with van der Waals surface area (Å²) in [5.74, 6) is 0.0496. The minimum atomic E-state index is -0.785. The van der Waals surface area contributed by atoms with Gasteiger partial charge in [0.1, 0.15) is 5.52 Å². The molecule has 24 heavy (non-hydrogen) atoms. The van der Waals surface area contributed by atoms with Gasteiger partial charge in [-0.15, -0.1) is 11.3 Å². The Hall–Kier alpha value is -1.80. The number of fused-ring (bicyclic) bond motifs is 1. The molecule has 0 radical (unpaired) electrons. The lowest BCUT2D eigenvalue weighted by Crippen LogP contribution is -2.16. The Morgan fingerprint density at radius 3 is 2.83 bits per heavy atom. The van der Waals surface area contributed by atoms with Crippen LogP contribution in [0.3, 0.4) is 0 Å². The number of rotatable bonds is 8. The standard InChI is InChI=1S/C16H19NO5S2/c1-4-5-6-23-16-17-15-12(7-10(2)8-13(15)24-16)21-22-14(19)9-20-11(3)18/h7-8H,4-6,9H2,1-3H3. The summed E-state index contributed by atoms with van der Waals surface area (Å²) in [4.78, 5) is 36.5. The van der Waals surface area contributed by atoms with Crippen molar-refractivity contribution in [2.45, 2.75) is 38.0 Å². The fraction of sp³-hybridized carbons (Fsp3) is 0.438. The van der Waals surface area contributed by atoms with Gasteiger partial charge in [0.05, 0.1) is 4.70 Å². The van der Waals surface area contributed by atoms with Gasteiger partial charge in [0.15, 0.2) is 10.9 Å². The number of ether oxygens (including phenoxy) is 1. The van der Waals surface area contributed by atoms with Gasteiger partial charge in [-0.1, -0.05) is 25.1 Å². The first-order valence-electron chi connectivity index (χ1n) is 7.54. The number of aryl methyl sites for hydroxylation is 1. The number of thioether (sulfide) groups is 1. The molecule has 0 aliphatic heterocycles. The maximum atomic E-state index is 11.5. The van der Waals surface area contributed by atoms with Crippen molar-refractivity contribution in [3.05, 3.63) is 17.7 Å². The van der Waals surface area contributed by atoms with Crippen LogP contribution in [-0.4, -0.2) is 29.3 Å². The molecule has 0 saturated carbocycles. The van der Waals surface area contributed by atoms with Gasteiger partial charge in [0, 0.05) is 12.7 Å². The average molecular weight is 369 g/mol. The summed E-state index contributed by atoms with van der Waals surface area (Å²) < 4.78 is 6.48. The monoisotopic (exact) mass is 369 g/mol. The fourth-order valence-corrected chi connectivity index (χ4v) is 4.15. The molecule has 0 spiro atoms. The first-order valence-corrected chi connectivity index (χ1v) is 9.34. The van der Waals surface area contributed by atoms with Crippen molar-refractivity contribution in [1.82, 2.24) is 4.98 Å². The molecule has 0 amide bonds. The summed E-state index contributed by atoms with van der Waals surface area (Å²) in [6.45, 7) is 4.81. The zero-order chi connectivity index (χ0) is 17.5. The quantitative estimate of drug-likeness (QED) is 0.230. The van der Waals surface area contributed by atoms with E-state index in [1.807, 2.05) is 13.0 Å². The zero-order valence-corrected chi connectivity index (χ0v) is 15.4. The molecule has 1 heterocycles. The van der Waals surface area contributed by atoms with E-state index in [0.717, 1.165) is 33.2 Å². The lowest BCUT2D eigenvalue weighted by molar-refractivity contribution is -0.217. The molecule has 0 aliphatic rings. The summed E-state index contributed by atoms with van der Waals surface area (Å²) in [6, 6.07) is 3.77. The minimum absolute atomic E-state index is 0.375. The summed E-state index contributed by atoms with van der Waals surface area (Å²) in [7, 11) is 0. The second-order valence-electron chi connectivity index (χ2n) is 5.11. The highest BCUT2D eigenvalue weighted by Crippen LogP contribution is 2.35. The highest BCUT2D eigenvalue weighted by molar-refractivity contribution is 8.01. The molecular formula is C16H19NO5S2. The second kappa shape index (κ2) is 8.89. The van der Waals surface area contributed by atoms with E-state index in [1.165, 1.54) is 6.92 Å². The van der Waals surface area contributed by atoms with E-state index < -0.39 is 18.5 Å². The lowest BCUT2D eigenvalue weighted by Gasteiger charge is -2.06. The van der Waals surface area contributed by atoms with Gasteiger partial charge in [-0.3, -0.25) is 9.68 Å². The number of nitrogens with zero attached hydrogens (tertiary/aromatic N) is 1. The summed E-state index contributed by atoms with van der Waals surface area (Å²) in [6.07, 6.45) is 2.28. The predicted octanol–water partition coefficient (Wildman–Crippen LogP) is 3.90. The minimum Gasteiger partial charge on any atom is -0.454 e. The van der Waals surface area contributed by atoms with E-state index in [1.54, 1.807) is 29.2 Å². The number of thiazole rings is 1. The molecule has 2 rings (SSSR count). The van der Waals surface area contributed by atoms with Crippen LogP contribution in [0.4, 0.5) is 0 Å². The number of benzene rings is 1. The maximum absolute atomic E-state index is 11.5. The summed E-state index contributed by atoms with van der Waals surface area (Å²) in [5, 5.41) is 0. The molecule has 0 aliphatic carbocycles. The van der Waals surface area contributed by atoms with Crippen molar-refractivity contribution in [2.24, 2.45) is 0 Å². The molecule has 0 N–H and O–H groups in total. The Labute approximate surface area is 148 Å². The highest BCUT2D eigenvalue weighted by atomic mass is 32.2. The topological polar surface area (TPSA) is 74.7 Å². The Balaban J connectivity index is 2.08. The van der Waals surface area contributed by atoms with E-state index in [-0.39, 0.29) is 0 Å².